The Morgan fingerprint density at radius 2 is 2.31 bits per heavy atom. The van der Waals surface area contributed by atoms with E-state index in [0.29, 0.717) is 17.3 Å². The number of hydrogen-bond donors (Lipinski definition) is 1. The summed E-state index contributed by atoms with van der Waals surface area (Å²) in [4.78, 5) is 0. The highest BCUT2D eigenvalue weighted by Crippen LogP contribution is 2.21. The molecule has 0 fully saturated rings. The molecule has 0 saturated heterocycles. The molecule has 0 radical (unpaired) electrons. The van der Waals surface area contributed by atoms with E-state index in [1.54, 1.807) is 16.9 Å². The third kappa shape index (κ3) is 2.05. The second-order valence-corrected chi connectivity index (χ2v) is 3.67. The molecule has 1 N–H and O–H groups in total. The summed E-state index contributed by atoms with van der Waals surface area (Å²) in [5.74, 6) is -0.371. The summed E-state index contributed by atoms with van der Waals surface area (Å²) >= 11 is 5.94. The second kappa shape index (κ2) is 4.59. The van der Waals surface area contributed by atoms with Crippen LogP contribution < -0.4 is 5.32 Å². The summed E-state index contributed by atoms with van der Waals surface area (Å²) in [5, 5.41) is 11.0. The van der Waals surface area contributed by atoms with E-state index in [1.807, 2.05) is 7.05 Å². The fourth-order valence-corrected chi connectivity index (χ4v) is 1.66. The molecule has 0 amide bonds. The van der Waals surface area contributed by atoms with E-state index in [-0.39, 0.29) is 5.82 Å². The van der Waals surface area contributed by atoms with Gasteiger partial charge in [0, 0.05) is 6.54 Å². The number of aromatic nitrogens is 3. The van der Waals surface area contributed by atoms with Crippen molar-refractivity contribution in [3.8, 4) is 5.69 Å². The fourth-order valence-electron chi connectivity index (χ4n) is 1.41. The van der Waals surface area contributed by atoms with E-state index in [0.717, 1.165) is 5.69 Å². The molecule has 2 aromatic rings. The van der Waals surface area contributed by atoms with E-state index in [1.165, 1.54) is 12.1 Å². The van der Waals surface area contributed by atoms with Crippen LogP contribution in [0.4, 0.5) is 4.39 Å². The number of hydrogen-bond acceptors (Lipinski definition) is 3. The van der Waals surface area contributed by atoms with Crippen LogP contribution in [0.15, 0.2) is 24.4 Å². The molecule has 0 aliphatic heterocycles. The topological polar surface area (TPSA) is 42.7 Å². The predicted octanol–water partition coefficient (Wildman–Crippen LogP) is 1.78. The number of nitrogens with zero attached hydrogens (tertiary/aromatic N) is 3. The van der Waals surface area contributed by atoms with Crippen molar-refractivity contribution in [2.45, 2.75) is 6.54 Å². The van der Waals surface area contributed by atoms with Crippen molar-refractivity contribution >= 4 is 11.6 Å². The third-order valence-corrected chi connectivity index (χ3v) is 2.42. The van der Waals surface area contributed by atoms with Crippen molar-refractivity contribution in [1.29, 1.82) is 0 Å². The van der Waals surface area contributed by atoms with Gasteiger partial charge in [0.15, 0.2) is 0 Å². The van der Waals surface area contributed by atoms with Crippen molar-refractivity contribution in [2.75, 3.05) is 7.05 Å². The minimum Gasteiger partial charge on any atom is -0.314 e. The lowest BCUT2D eigenvalue weighted by Gasteiger charge is -2.07. The SMILES string of the molecule is CNCc1cnnn1-c1ccc(F)cc1Cl. The van der Waals surface area contributed by atoms with Gasteiger partial charge in [-0.05, 0) is 25.2 Å². The molecular formula is C10H10ClFN4. The number of benzene rings is 1. The molecular weight excluding hydrogens is 231 g/mol. The predicted molar refractivity (Wildman–Crippen MR) is 59.1 cm³/mol. The van der Waals surface area contributed by atoms with Gasteiger partial charge in [0.05, 0.1) is 22.6 Å². The molecule has 0 aliphatic rings. The molecule has 0 aliphatic carbocycles. The van der Waals surface area contributed by atoms with E-state index >= 15 is 0 Å². The number of nitrogens with one attached hydrogen (secondary N) is 1. The van der Waals surface area contributed by atoms with Crippen molar-refractivity contribution in [1.82, 2.24) is 20.3 Å². The van der Waals surface area contributed by atoms with Crippen molar-refractivity contribution < 1.29 is 4.39 Å². The smallest absolute Gasteiger partial charge is 0.124 e. The number of halogens is 2. The first-order valence-corrected chi connectivity index (χ1v) is 5.10. The Labute approximate surface area is 97.0 Å². The molecule has 84 valence electrons. The van der Waals surface area contributed by atoms with E-state index in [2.05, 4.69) is 15.6 Å². The van der Waals surface area contributed by atoms with Crippen LogP contribution in [0, 0.1) is 5.82 Å². The van der Waals surface area contributed by atoms with Gasteiger partial charge in [-0.25, -0.2) is 9.07 Å². The lowest BCUT2D eigenvalue weighted by atomic mass is 10.3. The normalized spacial score (nSPS) is 10.7. The van der Waals surface area contributed by atoms with Crippen molar-refractivity contribution in [2.24, 2.45) is 0 Å². The van der Waals surface area contributed by atoms with Crippen molar-refractivity contribution in [3.63, 3.8) is 0 Å². The molecule has 0 saturated carbocycles. The zero-order valence-corrected chi connectivity index (χ0v) is 9.37. The quantitative estimate of drug-likeness (QED) is 0.889. The molecule has 16 heavy (non-hydrogen) atoms. The molecule has 0 atom stereocenters. The zero-order chi connectivity index (χ0) is 11.5. The molecule has 0 spiro atoms. The lowest BCUT2D eigenvalue weighted by molar-refractivity contribution is 0.626. The Hall–Kier alpha value is -1.46. The van der Waals surface area contributed by atoms with Crippen LogP contribution in [0.2, 0.25) is 5.02 Å². The standard InChI is InChI=1S/C10H10ClFN4/c1-13-5-8-6-14-15-16(8)10-3-2-7(12)4-9(10)11/h2-4,6,13H,5H2,1H3. The average Bonchev–Trinajstić information content (AvgIpc) is 2.67. The summed E-state index contributed by atoms with van der Waals surface area (Å²) in [6.07, 6.45) is 1.64. The van der Waals surface area contributed by atoms with Gasteiger partial charge in [0.1, 0.15) is 5.82 Å². The Kier molecular flexibility index (Phi) is 3.17. The second-order valence-electron chi connectivity index (χ2n) is 3.26. The average molecular weight is 241 g/mol. The summed E-state index contributed by atoms with van der Waals surface area (Å²) in [5.41, 5.74) is 1.47. The lowest BCUT2D eigenvalue weighted by Crippen LogP contribution is -2.11. The number of rotatable bonds is 3. The Balaban J connectivity index is 2.46. The fraction of sp³-hybridized carbons (Fsp3) is 0.200. The van der Waals surface area contributed by atoms with Gasteiger partial charge in [-0.3, -0.25) is 0 Å². The van der Waals surface area contributed by atoms with E-state index < -0.39 is 0 Å². The summed E-state index contributed by atoms with van der Waals surface area (Å²) in [7, 11) is 1.82. The van der Waals surface area contributed by atoms with Gasteiger partial charge in [-0.1, -0.05) is 16.8 Å². The Bertz CT molecular complexity index is 497. The van der Waals surface area contributed by atoms with Gasteiger partial charge >= 0.3 is 0 Å². The maximum absolute atomic E-state index is 12.9. The van der Waals surface area contributed by atoms with Gasteiger partial charge in [-0.15, -0.1) is 5.10 Å². The first kappa shape index (κ1) is 11.0. The maximum atomic E-state index is 12.9. The molecule has 1 aromatic carbocycles. The molecule has 0 unspecified atom stereocenters. The highest BCUT2D eigenvalue weighted by Gasteiger charge is 2.09. The van der Waals surface area contributed by atoms with Crippen LogP contribution >= 0.6 is 11.6 Å². The van der Waals surface area contributed by atoms with E-state index in [4.69, 9.17) is 11.6 Å². The van der Waals surface area contributed by atoms with Crippen LogP contribution in [-0.2, 0) is 6.54 Å². The zero-order valence-electron chi connectivity index (χ0n) is 8.61. The van der Waals surface area contributed by atoms with Crippen LogP contribution in [0.3, 0.4) is 0 Å². The van der Waals surface area contributed by atoms with Crippen molar-refractivity contribution in [3.05, 3.63) is 40.9 Å². The largest absolute Gasteiger partial charge is 0.314 e. The van der Waals surface area contributed by atoms with Crippen LogP contribution in [0.1, 0.15) is 5.69 Å². The minimum absolute atomic E-state index is 0.308. The highest BCUT2D eigenvalue weighted by molar-refractivity contribution is 6.32. The molecule has 4 nitrogen and oxygen atoms in total. The maximum Gasteiger partial charge on any atom is 0.124 e. The monoisotopic (exact) mass is 240 g/mol. The summed E-state index contributed by atoms with van der Waals surface area (Å²) < 4.78 is 14.5. The summed E-state index contributed by atoms with van der Waals surface area (Å²) in [6.45, 7) is 0.612. The van der Waals surface area contributed by atoms with Crippen LogP contribution in [0.5, 0.6) is 0 Å². The molecule has 1 heterocycles. The molecule has 2 rings (SSSR count). The van der Waals surface area contributed by atoms with Gasteiger partial charge in [0.2, 0.25) is 0 Å². The minimum atomic E-state index is -0.371. The Morgan fingerprint density at radius 1 is 1.50 bits per heavy atom. The van der Waals surface area contributed by atoms with Gasteiger partial charge < -0.3 is 5.32 Å². The van der Waals surface area contributed by atoms with Crippen LogP contribution in [-0.4, -0.2) is 22.0 Å². The first-order chi connectivity index (χ1) is 7.72. The third-order valence-electron chi connectivity index (χ3n) is 2.12. The first-order valence-electron chi connectivity index (χ1n) is 4.72. The van der Waals surface area contributed by atoms with Gasteiger partial charge in [0.25, 0.3) is 0 Å². The highest BCUT2D eigenvalue weighted by atomic mass is 35.5. The molecule has 1 aromatic heterocycles. The Morgan fingerprint density at radius 3 is 3.00 bits per heavy atom. The molecule has 6 heteroatoms. The van der Waals surface area contributed by atoms with E-state index in [9.17, 15) is 4.39 Å². The van der Waals surface area contributed by atoms with Crippen LogP contribution in [0.25, 0.3) is 5.69 Å². The van der Waals surface area contributed by atoms with Gasteiger partial charge in [-0.2, -0.15) is 0 Å². The molecule has 0 bridgehead atoms. The summed E-state index contributed by atoms with van der Waals surface area (Å²) in [6, 6.07) is 4.17.